The minimum Gasteiger partial charge on any atom is -0.492 e. The Morgan fingerprint density at radius 3 is 2.23 bits per heavy atom. The Morgan fingerprint density at radius 1 is 0.791 bits per heavy atom. The third-order valence-electron chi connectivity index (χ3n) is 16.3. The number of likely N-dealkylation sites (N-methyl/N-ethyl adjacent to an activating group) is 2. The molecule has 9 rings (SSSR count). The maximum atomic E-state index is 14.4. The number of anilines is 2. The van der Waals surface area contributed by atoms with Gasteiger partial charge in [-0.2, -0.15) is 0 Å². The molecule has 0 spiro atoms. The molecule has 3 aliphatic rings. The van der Waals surface area contributed by atoms with Crippen molar-refractivity contribution in [2.24, 2.45) is 5.92 Å². The summed E-state index contributed by atoms with van der Waals surface area (Å²) in [6, 6.07) is 23.0. The number of rotatable bonds is 29. The number of carbonyl (C=O) groups is 9. The van der Waals surface area contributed by atoms with Crippen molar-refractivity contribution in [1.29, 1.82) is 0 Å². The van der Waals surface area contributed by atoms with Gasteiger partial charge in [-0.1, -0.05) is 62.7 Å². The lowest BCUT2D eigenvalue weighted by Crippen LogP contribution is -2.55. The number of halogens is 1. The molecule has 5 heterocycles. The summed E-state index contributed by atoms with van der Waals surface area (Å²) in [5.41, 5.74) is 5.54. The van der Waals surface area contributed by atoms with Gasteiger partial charge in [0.05, 0.1) is 16.9 Å². The lowest BCUT2D eigenvalue weighted by atomic mass is 9.97. The third kappa shape index (κ3) is 17.6. The van der Waals surface area contributed by atoms with E-state index in [1.165, 1.54) is 46.1 Å². The van der Waals surface area contributed by atoms with Gasteiger partial charge in [0, 0.05) is 112 Å². The van der Waals surface area contributed by atoms with E-state index in [0.29, 0.717) is 60.8 Å². The Kier molecular flexibility index (Phi) is 22.9. The zero-order valence-electron chi connectivity index (χ0n) is 52.0. The number of nitrogens with one attached hydrogen (secondary N) is 5. The number of fused-ring (bicyclic) bond motifs is 4. The van der Waals surface area contributed by atoms with Crippen molar-refractivity contribution in [3.8, 4) is 11.5 Å². The number of likely N-dealkylation sites (tertiary alicyclic amines) is 1. The fourth-order valence-electron chi connectivity index (χ4n) is 11.3. The molecule has 2 aromatic heterocycles. The molecule has 0 unspecified atom stereocenters. The Labute approximate surface area is 537 Å². The number of aromatic amines is 1. The van der Waals surface area contributed by atoms with Crippen LogP contribution in [0, 0.1) is 12.8 Å². The largest absolute Gasteiger partial charge is 0.492 e. The molecule has 91 heavy (non-hydrogen) atoms. The summed E-state index contributed by atoms with van der Waals surface area (Å²) < 4.78 is 18.5. The van der Waals surface area contributed by atoms with Crippen LogP contribution in [0.1, 0.15) is 97.5 Å². The van der Waals surface area contributed by atoms with Crippen molar-refractivity contribution in [2.45, 2.75) is 96.7 Å². The average Bonchev–Trinajstić information content (AvgIpc) is 1.59. The molecular weight excluding hydrogens is 1200 g/mol. The quantitative estimate of drug-likeness (QED) is 0.0168. The van der Waals surface area contributed by atoms with Crippen molar-refractivity contribution in [2.75, 3.05) is 89.2 Å². The second kappa shape index (κ2) is 31.3. The zero-order valence-corrected chi connectivity index (χ0v) is 53.6. The first-order valence-electron chi connectivity index (χ1n) is 30.9. The number of thiophene rings is 1. The minimum absolute atomic E-state index is 0.0289. The molecule has 482 valence electrons. The molecule has 0 radical (unpaired) electrons. The molecule has 4 aromatic carbocycles. The van der Waals surface area contributed by atoms with Gasteiger partial charge in [-0.15, -0.1) is 22.9 Å². The fraction of sp³-hybridized carbons (Fsp3) is 0.418. The highest BCUT2D eigenvalue weighted by atomic mass is 35.5. The molecule has 6 aromatic rings. The number of aryl methyl sites for hydroxylation is 1. The molecule has 24 heteroatoms. The molecule has 5 N–H and O–H groups in total. The van der Waals surface area contributed by atoms with Crippen LogP contribution >= 0.6 is 22.9 Å². The summed E-state index contributed by atoms with van der Waals surface area (Å²) in [7, 11) is 3.11. The van der Waals surface area contributed by atoms with Gasteiger partial charge in [0.1, 0.15) is 36.7 Å². The van der Waals surface area contributed by atoms with Crippen LogP contribution in [0.15, 0.2) is 102 Å². The Morgan fingerprint density at radius 2 is 1.52 bits per heavy atom. The number of carbonyl (C=O) groups excluding carboxylic acids is 9. The molecule has 9 amide bonds. The van der Waals surface area contributed by atoms with E-state index in [2.05, 4.69) is 31.2 Å². The monoisotopic (exact) mass is 1280 g/mol. The SMILES string of the molecule is Cc1csc2c(OC(=O)N(C)CCN(C)C(=O)OCc3ccc(NC(=O)CNC(=O)[C@H](CC(C)C)NC(=O)[C@H](Cc4ccccc4)NC(=O)CCCCCN4C(=O)C=CC4=O)cc3)cc3c(c12)[C@H](CCl)CN3C(=O)c1cc2cc(OCCN3CCCC3)ccc2[nH]1. The van der Waals surface area contributed by atoms with E-state index in [9.17, 15) is 43.2 Å². The fourth-order valence-corrected chi connectivity index (χ4v) is 12.6. The van der Waals surface area contributed by atoms with Gasteiger partial charge in [-0.3, -0.25) is 43.4 Å². The number of benzene rings is 4. The lowest BCUT2D eigenvalue weighted by molar-refractivity contribution is -0.137. The van der Waals surface area contributed by atoms with Crippen LogP contribution in [0.3, 0.4) is 0 Å². The Bertz CT molecular complexity index is 3640. The van der Waals surface area contributed by atoms with Gasteiger partial charge >= 0.3 is 12.2 Å². The Hall–Kier alpha value is -8.80. The molecule has 0 bridgehead atoms. The summed E-state index contributed by atoms with van der Waals surface area (Å²) in [6.45, 7) is 9.71. The van der Waals surface area contributed by atoms with E-state index in [4.69, 9.17) is 25.8 Å². The van der Waals surface area contributed by atoms with Gasteiger partial charge in [-0.05, 0) is 122 Å². The number of nitrogens with zero attached hydrogens (tertiary/aromatic N) is 5. The number of unbranched alkanes of at least 4 members (excludes halogenated alkanes) is 2. The van der Waals surface area contributed by atoms with Gasteiger partial charge < -0.3 is 55.2 Å². The molecule has 22 nitrogen and oxygen atoms in total. The molecule has 0 aliphatic carbocycles. The highest BCUT2D eigenvalue weighted by molar-refractivity contribution is 7.17. The zero-order chi connectivity index (χ0) is 64.7. The molecule has 1 fully saturated rings. The maximum Gasteiger partial charge on any atom is 0.415 e. The summed E-state index contributed by atoms with van der Waals surface area (Å²) in [5.74, 6) is -1.90. The lowest BCUT2D eigenvalue weighted by Gasteiger charge is -2.24. The smallest absolute Gasteiger partial charge is 0.415 e. The molecule has 3 atom stereocenters. The number of hydrogen-bond donors (Lipinski definition) is 5. The normalized spacial score (nSPS) is 15.2. The average molecular weight is 1280 g/mol. The number of ether oxygens (including phenoxy) is 3. The van der Waals surface area contributed by atoms with Crippen LogP contribution in [0.2, 0.25) is 0 Å². The first kappa shape index (κ1) is 66.6. The summed E-state index contributed by atoms with van der Waals surface area (Å²) in [6.07, 6.45) is 5.66. The number of H-pyrrole nitrogens is 1. The molecular formula is C67H79ClN10O12S. The van der Waals surface area contributed by atoms with Gasteiger partial charge in [0.25, 0.3) is 17.7 Å². The van der Waals surface area contributed by atoms with E-state index in [1.807, 2.05) is 80.7 Å². The second-order valence-electron chi connectivity index (χ2n) is 23.7. The highest BCUT2D eigenvalue weighted by Crippen LogP contribution is 2.49. The first-order valence-corrected chi connectivity index (χ1v) is 32.3. The third-order valence-corrected chi connectivity index (χ3v) is 17.8. The van der Waals surface area contributed by atoms with Crippen molar-refractivity contribution >= 4 is 109 Å². The van der Waals surface area contributed by atoms with Gasteiger partial charge in [-0.25, -0.2) is 9.59 Å². The van der Waals surface area contributed by atoms with Crippen LogP contribution in [-0.4, -0.2) is 169 Å². The Balaban J connectivity index is 0.718. The molecule has 0 saturated carbocycles. The maximum absolute atomic E-state index is 14.4. The van der Waals surface area contributed by atoms with Crippen LogP contribution in [0.5, 0.6) is 11.5 Å². The number of imide groups is 1. The van der Waals surface area contributed by atoms with Crippen molar-refractivity contribution in [1.82, 2.24) is 40.5 Å². The van der Waals surface area contributed by atoms with E-state index >= 15 is 0 Å². The predicted molar refractivity (Wildman–Crippen MR) is 349 cm³/mol. The highest BCUT2D eigenvalue weighted by Gasteiger charge is 2.37. The number of hydrogen-bond acceptors (Lipinski definition) is 14. The predicted octanol–water partition coefficient (Wildman–Crippen LogP) is 8.65. The van der Waals surface area contributed by atoms with Crippen LogP contribution in [0.4, 0.5) is 21.0 Å². The van der Waals surface area contributed by atoms with E-state index < -0.39 is 48.5 Å². The van der Waals surface area contributed by atoms with Crippen LogP contribution in [0.25, 0.3) is 21.0 Å². The van der Waals surface area contributed by atoms with Crippen LogP contribution in [-0.2, 0) is 46.5 Å². The van der Waals surface area contributed by atoms with Crippen LogP contribution < -0.4 is 35.6 Å². The van der Waals surface area contributed by atoms with Crippen molar-refractivity contribution in [3.05, 3.63) is 130 Å². The van der Waals surface area contributed by atoms with E-state index in [-0.39, 0.29) is 86.8 Å². The topological polar surface area (TPSA) is 261 Å². The first-order chi connectivity index (χ1) is 43.8. The summed E-state index contributed by atoms with van der Waals surface area (Å²) >= 11 is 8.05. The minimum atomic E-state index is -1.02. The van der Waals surface area contributed by atoms with Gasteiger partial charge in [0.15, 0.2) is 5.75 Å². The number of aromatic nitrogens is 1. The summed E-state index contributed by atoms with van der Waals surface area (Å²) in [5, 5.41) is 14.7. The van der Waals surface area contributed by atoms with E-state index in [1.54, 1.807) is 49.3 Å². The summed E-state index contributed by atoms with van der Waals surface area (Å²) in [4.78, 5) is 130. The van der Waals surface area contributed by atoms with E-state index in [0.717, 1.165) is 68.0 Å². The standard InChI is InChI=1S/C67H79ClN10O12S/c1-42(2)32-51(73-64(84)52(33-44-14-8-6-9-15-44)72-56(79)16-10-7-11-27-77-58(81)23-24-59(77)82)63(83)69-38-57(80)70-48-19-17-45(18-20-48)40-89-66(86)74(4)28-29-75(5)67(87)90-55-36-54-61(60-43(3)41-91-62(55)60)47(37-68)39-78(54)65(85)53-35-46-34-49(21-22-50(46)71-53)88-31-30-76-25-12-13-26-76/h6,8-9,14-15,17-24,34-36,41-42,47,51-52,71H,7,10-13,16,25-33,37-40H2,1-5H3,(H,69,83)(H,70,80)(H,72,79)(H,73,84)/t47-,51+,52+/m1/s1. The number of amides is 9. The van der Waals surface area contributed by atoms with Crippen molar-refractivity contribution in [3.63, 3.8) is 0 Å². The van der Waals surface area contributed by atoms with Gasteiger partial charge in [0.2, 0.25) is 23.6 Å². The molecule has 3 aliphatic heterocycles. The van der Waals surface area contributed by atoms with Crippen molar-refractivity contribution < 1.29 is 57.4 Å². The number of alkyl halides is 1. The second-order valence-corrected chi connectivity index (χ2v) is 24.9. The molecule has 1 saturated heterocycles.